The number of anilines is 1. The molecule has 3 nitrogen and oxygen atoms in total. The van der Waals surface area contributed by atoms with Crippen LogP contribution < -0.4 is 5.32 Å². The molecule has 2 aromatic carbocycles. The normalized spacial score (nSPS) is 12.0. The van der Waals surface area contributed by atoms with Crippen LogP contribution in [0, 0.1) is 0 Å². The van der Waals surface area contributed by atoms with E-state index in [1.54, 1.807) is 0 Å². The molecule has 1 N–H and O–H groups in total. The number of benzene rings is 2. The third-order valence-corrected chi connectivity index (χ3v) is 4.39. The Balaban J connectivity index is 1.78. The number of hydrogen-bond donors (Lipinski definition) is 1. The zero-order valence-corrected chi connectivity index (χ0v) is 15.5. The van der Waals surface area contributed by atoms with E-state index in [2.05, 4.69) is 10.3 Å². The highest BCUT2D eigenvalue weighted by molar-refractivity contribution is 6.34. The van der Waals surface area contributed by atoms with Gasteiger partial charge in [0.1, 0.15) is 0 Å². The predicted octanol–water partition coefficient (Wildman–Crippen LogP) is 6.69. The van der Waals surface area contributed by atoms with Gasteiger partial charge >= 0.3 is 12.4 Å². The largest absolute Gasteiger partial charge is 0.416 e. The molecule has 0 atom stereocenters. The van der Waals surface area contributed by atoms with Gasteiger partial charge in [0.15, 0.2) is 0 Å². The Kier molecular flexibility index (Phi) is 5.76. The van der Waals surface area contributed by atoms with Gasteiger partial charge in [-0.2, -0.15) is 26.3 Å². The van der Waals surface area contributed by atoms with Gasteiger partial charge in [-0.1, -0.05) is 23.7 Å². The van der Waals surface area contributed by atoms with Gasteiger partial charge in [-0.05, 0) is 42.5 Å². The molecule has 1 amide bonds. The Morgan fingerprint density at radius 3 is 2.00 bits per heavy atom. The van der Waals surface area contributed by atoms with Crippen molar-refractivity contribution in [1.29, 1.82) is 0 Å². The lowest BCUT2D eigenvalue weighted by Gasteiger charge is -2.11. The second-order valence-electron chi connectivity index (χ2n) is 6.15. The Bertz CT molecular complexity index is 1080. The second kappa shape index (κ2) is 7.98. The van der Waals surface area contributed by atoms with Crippen LogP contribution in [0.4, 0.5) is 32.0 Å². The van der Waals surface area contributed by atoms with Gasteiger partial charge in [0.25, 0.3) is 5.91 Å². The maximum atomic E-state index is 12.8. The fraction of sp³-hybridized carbons (Fsp3) is 0.100. The summed E-state index contributed by atoms with van der Waals surface area (Å²) in [6.45, 7) is 0. The first-order valence-corrected chi connectivity index (χ1v) is 8.65. The van der Waals surface area contributed by atoms with Crippen LogP contribution >= 0.6 is 11.6 Å². The summed E-state index contributed by atoms with van der Waals surface area (Å²) < 4.78 is 76.5. The first-order chi connectivity index (χ1) is 13.9. The zero-order valence-electron chi connectivity index (χ0n) is 14.8. The van der Waals surface area contributed by atoms with Gasteiger partial charge in [0.05, 0.1) is 27.5 Å². The Labute approximate surface area is 171 Å². The first kappa shape index (κ1) is 21.6. The monoisotopic (exact) mass is 444 g/mol. The minimum absolute atomic E-state index is 0.0155. The summed E-state index contributed by atoms with van der Waals surface area (Å²) in [6, 6.07) is 9.76. The van der Waals surface area contributed by atoms with E-state index in [9.17, 15) is 31.1 Å². The summed E-state index contributed by atoms with van der Waals surface area (Å²) in [5.74, 6) is -0.653. The van der Waals surface area contributed by atoms with Crippen molar-refractivity contribution in [3.63, 3.8) is 0 Å². The lowest BCUT2D eigenvalue weighted by molar-refractivity contribution is -0.138. The molecular formula is C20H11ClF6N2O. The van der Waals surface area contributed by atoms with E-state index < -0.39 is 29.4 Å². The lowest BCUT2D eigenvalue weighted by Crippen LogP contribution is -2.13. The number of rotatable bonds is 3. The predicted molar refractivity (Wildman–Crippen MR) is 99.1 cm³/mol. The lowest BCUT2D eigenvalue weighted by atomic mass is 10.1. The number of nitrogens with zero attached hydrogens (tertiary/aromatic N) is 1. The third kappa shape index (κ3) is 4.91. The molecule has 0 saturated carbocycles. The Morgan fingerprint density at radius 2 is 1.43 bits per heavy atom. The molecular weight excluding hydrogens is 434 g/mol. The maximum absolute atomic E-state index is 12.8. The van der Waals surface area contributed by atoms with Crippen molar-refractivity contribution in [3.05, 3.63) is 82.5 Å². The van der Waals surface area contributed by atoms with Gasteiger partial charge in [-0.25, -0.2) is 0 Å². The molecule has 0 aliphatic carbocycles. The highest BCUT2D eigenvalue weighted by atomic mass is 35.5. The minimum Gasteiger partial charge on any atom is -0.321 e. The van der Waals surface area contributed by atoms with Crippen molar-refractivity contribution in [2.24, 2.45) is 0 Å². The average Bonchev–Trinajstić information content (AvgIpc) is 2.68. The number of carbonyl (C=O) groups excluding carboxylic acids is 1. The fourth-order valence-corrected chi connectivity index (χ4v) is 2.77. The Morgan fingerprint density at radius 1 is 0.833 bits per heavy atom. The zero-order chi connectivity index (χ0) is 22.1. The number of pyridine rings is 1. The smallest absolute Gasteiger partial charge is 0.321 e. The van der Waals surface area contributed by atoms with Crippen LogP contribution in [-0.2, 0) is 12.4 Å². The molecule has 156 valence electrons. The topological polar surface area (TPSA) is 42.0 Å². The van der Waals surface area contributed by atoms with Gasteiger partial charge < -0.3 is 5.32 Å². The number of nitrogens with one attached hydrogen (secondary N) is 1. The van der Waals surface area contributed by atoms with E-state index >= 15 is 0 Å². The van der Waals surface area contributed by atoms with Crippen molar-refractivity contribution in [2.45, 2.75) is 12.4 Å². The number of amides is 1. The van der Waals surface area contributed by atoms with E-state index in [4.69, 9.17) is 11.6 Å². The summed E-state index contributed by atoms with van der Waals surface area (Å²) in [4.78, 5) is 16.2. The highest BCUT2D eigenvalue weighted by Gasteiger charge is 2.31. The van der Waals surface area contributed by atoms with Gasteiger partial charge in [-0.15, -0.1) is 0 Å². The highest BCUT2D eigenvalue weighted by Crippen LogP contribution is 2.34. The summed E-state index contributed by atoms with van der Waals surface area (Å²) in [6.07, 6.45) is -8.05. The minimum atomic E-state index is -4.57. The second-order valence-corrected chi connectivity index (χ2v) is 6.56. The van der Waals surface area contributed by atoms with Crippen LogP contribution in [0.2, 0.25) is 5.02 Å². The van der Waals surface area contributed by atoms with Gasteiger partial charge in [0, 0.05) is 17.3 Å². The van der Waals surface area contributed by atoms with Crippen LogP contribution in [0.15, 0.2) is 60.8 Å². The van der Waals surface area contributed by atoms with Crippen LogP contribution in [0.5, 0.6) is 0 Å². The van der Waals surface area contributed by atoms with Crippen molar-refractivity contribution in [1.82, 2.24) is 4.98 Å². The molecule has 0 saturated heterocycles. The van der Waals surface area contributed by atoms with E-state index in [0.29, 0.717) is 11.6 Å². The van der Waals surface area contributed by atoms with Crippen molar-refractivity contribution in [3.8, 4) is 11.3 Å². The fourth-order valence-electron chi connectivity index (χ4n) is 2.54. The molecule has 30 heavy (non-hydrogen) atoms. The number of carbonyl (C=O) groups is 1. The van der Waals surface area contributed by atoms with Gasteiger partial charge in [0.2, 0.25) is 0 Å². The summed E-state index contributed by atoms with van der Waals surface area (Å²) in [5.41, 5.74) is -1.28. The van der Waals surface area contributed by atoms with Crippen molar-refractivity contribution >= 4 is 23.2 Å². The molecule has 0 fully saturated rings. The quantitative estimate of drug-likeness (QED) is 0.457. The molecule has 0 bridgehead atoms. The van der Waals surface area contributed by atoms with E-state index in [0.717, 1.165) is 30.5 Å². The number of hydrogen-bond acceptors (Lipinski definition) is 2. The standard InChI is InChI=1S/C20H11ClF6N2O/c21-15-9-13(19(22,23)24)5-6-16(15)29-18(30)12-3-1-11(2-4-12)17-10-14(7-8-28-17)20(25,26)27/h1-10H,(H,29,30). The van der Waals surface area contributed by atoms with Crippen LogP contribution in [0.1, 0.15) is 21.5 Å². The molecule has 0 radical (unpaired) electrons. The molecule has 0 unspecified atom stereocenters. The molecule has 1 aromatic heterocycles. The molecule has 0 aliphatic rings. The molecule has 1 heterocycles. The first-order valence-electron chi connectivity index (χ1n) is 8.27. The molecule has 3 aromatic rings. The van der Waals surface area contributed by atoms with Crippen molar-refractivity contribution in [2.75, 3.05) is 5.32 Å². The van der Waals surface area contributed by atoms with Gasteiger partial charge in [-0.3, -0.25) is 9.78 Å². The summed E-state index contributed by atoms with van der Waals surface area (Å²) in [5, 5.41) is 2.10. The third-order valence-electron chi connectivity index (χ3n) is 4.07. The van der Waals surface area contributed by atoms with E-state index in [1.165, 1.54) is 24.3 Å². The van der Waals surface area contributed by atoms with Crippen molar-refractivity contribution < 1.29 is 31.1 Å². The average molecular weight is 445 g/mol. The summed E-state index contributed by atoms with van der Waals surface area (Å²) >= 11 is 5.81. The van der Waals surface area contributed by atoms with E-state index in [-0.39, 0.29) is 22.0 Å². The number of alkyl halides is 6. The summed E-state index contributed by atoms with van der Waals surface area (Å²) in [7, 11) is 0. The van der Waals surface area contributed by atoms with Crippen LogP contribution in [0.25, 0.3) is 11.3 Å². The molecule has 0 spiro atoms. The molecule has 3 rings (SSSR count). The van der Waals surface area contributed by atoms with Crippen LogP contribution in [0.3, 0.4) is 0 Å². The SMILES string of the molecule is O=C(Nc1ccc(C(F)(F)F)cc1Cl)c1ccc(-c2cc(C(F)(F)F)ccn2)cc1. The Hall–Kier alpha value is -3.07. The number of halogens is 7. The van der Waals surface area contributed by atoms with Crippen LogP contribution in [-0.4, -0.2) is 10.9 Å². The molecule has 0 aliphatic heterocycles. The van der Waals surface area contributed by atoms with E-state index in [1.807, 2.05) is 0 Å². The number of aromatic nitrogens is 1. The molecule has 10 heteroatoms. The maximum Gasteiger partial charge on any atom is 0.416 e.